The van der Waals surface area contributed by atoms with Crippen LogP contribution >= 0.6 is 11.6 Å². The van der Waals surface area contributed by atoms with Gasteiger partial charge in [0.2, 0.25) is 0 Å². The first-order valence-corrected chi connectivity index (χ1v) is 9.98. The third-order valence-corrected chi connectivity index (χ3v) is 5.63. The highest BCUT2D eigenvalue weighted by Gasteiger charge is 2.23. The molecule has 3 heterocycles. The van der Waals surface area contributed by atoms with Crippen LogP contribution in [-0.4, -0.2) is 41.4 Å². The Labute approximate surface area is 164 Å². The minimum Gasteiger partial charge on any atom is -0.492 e. The third kappa shape index (κ3) is 4.12. The molecule has 7 heteroatoms. The third-order valence-electron chi connectivity index (χ3n) is 5.33. The van der Waals surface area contributed by atoms with Crippen LogP contribution in [0.5, 0.6) is 5.75 Å². The SMILES string of the molecule is OCC1CCCN(c2cc(NC3CCCOc4c(Cl)cccc43)ncn2)C1. The zero-order valence-electron chi connectivity index (χ0n) is 15.3. The van der Waals surface area contributed by atoms with E-state index >= 15 is 0 Å². The van der Waals surface area contributed by atoms with E-state index in [1.54, 1.807) is 6.33 Å². The number of halogens is 1. The molecule has 27 heavy (non-hydrogen) atoms. The summed E-state index contributed by atoms with van der Waals surface area (Å²) in [7, 11) is 0. The molecule has 2 atom stereocenters. The molecule has 1 saturated heterocycles. The Morgan fingerprint density at radius 3 is 3.07 bits per heavy atom. The van der Waals surface area contributed by atoms with Crippen LogP contribution in [0.3, 0.4) is 0 Å². The molecular weight excluding hydrogens is 364 g/mol. The number of hydrogen-bond donors (Lipinski definition) is 2. The lowest BCUT2D eigenvalue weighted by molar-refractivity contribution is 0.208. The van der Waals surface area contributed by atoms with Gasteiger partial charge in [-0.2, -0.15) is 0 Å². The number of aromatic nitrogens is 2. The molecule has 6 nitrogen and oxygen atoms in total. The van der Waals surface area contributed by atoms with Crippen molar-refractivity contribution in [2.24, 2.45) is 5.92 Å². The minimum atomic E-state index is 0.0931. The predicted octanol–water partition coefficient (Wildman–Crippen LogP) is 3.66. The molecule has 0 radical (unpaired) electrons. The van der Waals surface area contributed by atoms with Crippen molar-refractivity contribution in [1.82, 2.24) is 9.97 Å². The maximum absolute atomic E-state index is 9.47. The van der Waals surface area contributed by atoms with Crippen molar-refractivity contribution in [1.29, 1.82) is 0 Å². The van der Waals surface area contributed by atoms with E-state index in [-0.39, 0.29) is 12.6 Å². The van der Waals surface area contributed by atoms with Gasteiger partial charge >= 0.3 is 0 Å². The van der Waals surface area contributed by atoms with Gasteiger partial charge in [0.25, 0.3) is 0 Å². The molecule has 1 fully saturated rings. The first-order valence-electron chi connectivity index (χ1n) is 9.60. The van der Waals surface area contributed by atoms with Crippen molar-refractivity contribution >= 4 is 23.2 Å². The van der Waals surface area contributed by atoms with Crippen LogP contribution in [0.2, 0.25) is 5.02 Å². The van der Waals surface area contributed by atoms with Crippen molar-refractivity contribution in [2.45, 2.75) is 31.7 Å². The zero-order chi connectivity index (χ0) is 18.6. The standard InChI is InChI=1S/C20H25ClN4O2/c21-16-6-1-5-15-17(7-3-9-27-20(15)16)24-18-10-19(23-13-22-18)25-8-2-4-14(11-25)12-26/h1,5-6,10,13-14,17,26H,2-4,7-9,11-12H2,(H,22,23,24). The number of rotatable bonds is 4. The Morgan fingerprint density at radius 1 is 1.26 bits per heavy atom. The number of ether oxygens (including phenoxy) is 1. The van der Waals surface area contributed by atoms with Crippen LogP contribution in [0.25, 0.3) is 0 Å². The van der Waals surface area contributed by atoms with Crippen molar-refractivity contribution in [2.75, 3.05) is 36.5 Å². The summed E-state index contributed by atoms with van der Waals surface area (Å²) in [5, 5.41) is 13.7. The van der Waals surface area contributed by atoms with Gasteiger partial charge in [0, 0.05) is 31.3 Å². The number of aliphatic hydroxyl groups excluding tert-OH is 1. The molecule has 2 N–H and O–H groups in total. The monoisotopic (exact) mass is 388 g/mol. The van der Waals surface area contributed by atoms with E-state index in [1.165, 1.54) is 0 Å². The lowest BCUT2D eigenvalue weighted by atomic mass is 9.99. The number of hydrogen-bond acceptors (Lipinski definition) is 6. The van der Waals surface area contributed by atoms with Gasteiger partial charge in [-0.15, -0.1) is 0 Å². The summed E-state index contributed by atoms with van der Waals surface area (Å²) in [6.45, 7) is 2.69. The number of anilines is 2. The molecule has 1 aromatic heterocycles. The summed E-state index contributed by atoms with van der Waals surface area (Å²) < 4.78 is 5.85. The average Bonchev–Trinajstić information content (AvgIpc) is 2.92. The number of benzene rings is 1. The molecule has 2 aromatic rings. The Morgan fingerprint density at radius 2 is 2.19 bits per heavy atom. The van der Waals surface area contributed by atoms with Gasteiger partial charge in [0.1, 0.15) is 23.7 Å². The molecule has 2 unspecified atom stereocenters. The van der Waals surface area contributed by atoms with Gasteiger partial charge in [-0.3, -0.25) is 0 Å². The fourth-order valence-electron chi connectivity index (χ4n) is 3.92. The van der Waals surface area contributed by atoms with Crippen LogP contribution in [0.4, 0.5) is 11.6 Å². The minimum absolute atomic E-state index is 0.0931. The topological polar surface area (TPSA) is 70.5 Å². The summed E-state index contributed by atoms with van der Waals surface area (Å²) in [4.78, 5) is 11.1. The van der Waals surface area contributed by atoms with E-state index in [0.29, 0.717) is 17.5 Å². The first-order chi connectivity index (χ1) is 13.2. The maximum atomic E-state index is 9.47. The lowest BCUT2D eigenvalue weighted by Crippen LogP contribution is -2.37. The van der Waals surface area contributed by atoms with Crippen molar-refractivity contribution in [3.63, 3.8) is 0 Å². The van der Waals surface area contributed by atoms with Gasteiger partial charge in [0.05, 0.1) is 17.7 Å². The van der Waals surface area contributed by atoms with Crippen LogP contribution < -0.4 is 15.0 Å². The largest absolute Gasteiger partial charge is 0.492 e. The number of para-hydroxylation sites is 1. The number of nitrogens with one attached hydrogen (secondary N) is 1. The van der Waals surface area contributed by atoms with Crippen LogP contribution in [0, 0.1) is 5.92 Å². The van der Waals surface area contributed by atoms with E-state index in [4.69, 9.17) is 16.3 Å². The van der Waals surface area contributed by atoms with E-state index in [0.717, 1.165) is 61.7 Å². The van der Waals surface area contributed by atoms with Gasteiger partial charge in [-0.05, 0) is 37.7 Å². The highest BCUT2D eigenvalue weighted by Crippen LogP contribution is 2.38. The summed E-state index contributed by atoms with van der Waals surface area (Å²) in [6, 6.07) is 7.96. The summed E-state index contributed by atoms with van der Waals surface area (Å²) in [6.07, 6.45) is 5.65. The molecule has 0 saturated carbocycles. The Bertz CT molecular complexity index is 788. The molecular formula is C20H25ClN4O2. The van der Waals surface area contributed by atoms with Crippen molar-refractivity contribution in [3.8, 4) is 5.75 Å². The molecule has 2 aliphatic heterocycles. The predicted molar refractivity (Wildman–Crippen MR) is 107 cm³/mol. The van der Waals surface area contributed by atoms with Crippen LogP contribution in [0.15, 0.2) is 30.6 Å². The molecule has 0 bridgehead atoms. The van der Waals surface area contributed by atoms with E-state index < -0.39 is 0 Å². The quantitative estimate of drug-likeness (QED) is 0.832. The Kier molecular flexibility index (Phi) is 5.64. The second-order valence-electron chi connectivity index (χ2n) is 7.24. The van der Waals surface area contributed by atoms with Gasteiger partial charge in [-0.1, -0.05) is 23.7 Å². The highest BCUT2D eigenvalue weighted by molar-refractivity contribution is 6.32. The molecule has 0 amide bonds. The summed E-state index contributed by atoms with van der Waals surface area (Å²) >= 11 is 6.33. The van der Waals surface area contributed by atoms with Gasteiger partial charge in [-0.25, -0.2) is 9.97 Å². The molecule has 144 valence electrons. The number of aliphatic hydroxyl groups is 1. The number of nitrogens with zero attached hydrogens (tertiary/aromatic N) is 3. The van der Waals surface area contributed by atoms with Crippen LogP contribution in [-0.2, 0) is 0 Å². The highest BCUT2D eigenvalue weighted by atomic mass is 35.5. The molecule has 0 aliphatic carbocycles. The normalized spacial score (nSPS) is 22.5. The van der Waals surface area contributed by atoms with Gasteiger partial charge in [0.15, 0.2) is 0 Å². The molecule has 2 aliphatic rings. The smallest absolute Gasteiger partial charge is 0.143 e. The van der Waals surface area contributed by atoms with E-state index in [1.807, 2.05) is 18.2 Å². The van der Waals surface area contributed by atoms with Crippen molar-refractivity contribution < 1.29 is 9.84 Å². The second kappa shape index (κ2) is 8.31. The average molecular weight is 389 g/mol. The fraction of sp³-hybridized carbons (Fsp3) is 0.500. The Balaban J connectivity index is 1.54. The molecule has 0 spiro atoms. The summed E-state index contributed by atoms with van der Waals surface area (Å²) in [5.74, 6) is 2.79. The lowest BCUT2D eigenvalue weighted by Gasteiger charge is -2.32. The van der Waals surface area contributed by atoms with E-state index in [9.17, 15) is 5.11 Å². The number of piperidine rings is 1. The fourth-order valence-corrected chi connectivity index (χ4v) is 4.16. The first kappa shape index (κ1) is 18.3. The summed E-state index contributed by atoms with van der Waals surface area (Å²) in [5.41, 5.74) is 1.07. The van der Waals surface area contributed by atoms with Crippen molar-refractivity contribution in [3.05, 3.63) is 41.2 Å². The second-order valence-corrected chi connectivity index (χ2v) is 7.65. The van der Waals surface area contributed by atoms with Gasteiger partial charge < -0.3 is 20.1 Å². The molecule has 1 aromatic carbocycles. The zero-order valence-corrected chi connectivity index (χ0v) is 16.0. The number of fused-ring (bicyclic) bond motifs is 1. The Hall–Kier alpha value is -2.05. The molecule has 4 rings (SSSR count). The maximum Gasteiger partial charge on any atom is 0.143 e. The van der Waals surface area contributed by atoms with Crippen LogP contribution in [0.1, 0.15) is 37.3 Å². The van der Waals surface area contributed by atoms with E-state index in [2.05, 4.69) is 26.3 Å².